The molecule has 20 heavy (non-hydrogen) atoms. The highest BCUT2D eigenvalue weighted by molar-refractivity contribution is 5.83. The van der Waals surface area contributed by atoms with Gasteiger partial charge in [-0.3, -0.25) is 4.79 Å². The Morgan fingerprint density at radius 3 is 2.95 bits per heavy atom. The lowest BCUT2D eigenvalue weighted by Crippen LogP contribution is -2.35. The Morgan fingerprint density at radius 2 is 2.10 bits per heavy atom. The Balaban J connectivity index is 1.70. The van der Waals surface area contributed by atoms with Crippen molar-refractivity contribution >= 4 is 16.8 Å². The summed E-state index contributed by atoms with van der Waals surface area (Å²) in [4.78, 5) is 14.8. The molecule has 1 amide bonds. The van der Waals surface area contributed by atoms with Gasteiger partial charge in [-0.2, -0.15) is 0 Å². The van der Waals surface area contributed by atoms with E-state index in [0.717, 1.165) is 32.4 Å². The molecule has 0 saturated carbocycles. The zero-order valence-corrected chi connectivity index (χ0v) is 12.0. The number of nitrogens with one attached hydrogen (secondary N) is 3. The molecule has 108 valence electrons. The van der Waals surface area contributed by atoms with Crippen molar-refractivity contribution in [1.29, 1.82) is 0 Å². The van der Waals surface area contributed by atoms with E-state index in [1.807, 2.05) is 18.3 Å². The van der Waals surface area contributed by atoms with Crippen molar-refractivity contribution < 1.29 is 4.79 Å². The monoisotopic (exact) mass is 273 g/mol. The van der Waals surface area contributed by atoms with Gasteiger partial charge in [-0.1, -0.05) is 31.5 Å². The first-order valence-corrected chi connectivity index (χ1v) is 7.33. The van der Waals surface area contributed by atoms with Crippen LogP contribution in [0.15, 0.2) is 30.5 Å². The number of hydrogen-bond donors (Lipinski definition) is 3. The summed E-state index contributed by atoms with van der Waals surface area (Å²) < 4.78 is 0. The van der Waals surface area contributed by atoms with Crippen molar-refractivity contribution in [3.8, 4) is 0 Å². The number of amides is 1. The number of H-pyrrole nitrogens is 1. The van der Waals surface area contributed by atoms with Crippen molar-refractivity contribution in [2.45, 2.75) is 26.2 Å². The van der Waals surface area contributed by atoms with Crippen LogP contribution in [0.2, 0.25) is 0 Å². The van der Waals surface area contributed by atoms with Crippen LogP contribution in [0.3, 0.4) is 0 Å². The first-order valence-electron chi connectivity index (χ1n) is 7.33. The molecular weight excluding hydrogens is 250 g/mol. The molecule has 2 rings (SSSR count). The summed E-state index contributed by atoms with van der Waals surface area (Å²) in [5.74, 6) is 0.0809. The average Bonchev–Trinajstić information content (AvgIpc) is 2.87. The van der Waals surface area contributed by atoms with Crippen molar-refractivity contribution in [1.82, 2.24) is 15.6 Å². The van der Waals surface area contributed by atoms with Crippen LogP contribution in [0, 0.1) is 0 Å². The van der Waals surface area contributed by atoms with E-state index in [1.165, 1.54) is 16.5 Å². The Hall–Kier alpha value is -1.81. The maximum absolute atomic E-state index is 11.5. The fourth-order valence-corrected chi connectivity index (χ4v) is 2.23. The second-order valence-electron chi connectivity index (χ2n) is 4.99. The van der Waals surface area contributed by atoms with Gasteiger partial charge in [0.15, 0.2) is 0 Å². The first-order chi connectivity index (χ1) is 9.81. The van der Waals surface area contributed by atoms with E-state index in [9.17, 15) is 4.79 Å². The smallest absolute Gasteiger partial charge is 0.233 e. The molecular formula is C16H23N3O. The number of para-hydroxylation sites is 1. The Labute approximate surface area is 120 Å². The van der Waals surface area contributed by atoms with Crippen LogP contribution >= 0.6 is 0 Å². The highest BCUT2D eigenvalue weighted by Gasteiger charge is 2.03. The van der Waals surface area contributed by atoms with Crippen molar-refractivity contribution in [2.24, 2.45) is 0 Å². The molecule has 1 aromatic carbocycles. The standard InChI is InChI=1S/C16H23N3O/c1-2-3-9-18-16(20)12-17-10-8-13-11-19-15-7-5-4-6-14(13)15/h4-7,11,17,19H,2-3,8-10,12H2,1H3,(H,18,20). The second-order valence-corrected chi connectivity index (χ2v) is 4.99. The van der Waals surface area contributed by atoms with Crippen LogP contribution in [0.1, 0.15) is 25.3 Å². The molecule has 0 unspecified atom stereocenters. The zero-order valence-electron chi connectivity index (χ0n) is 12.0. The van der Waals surface area contributed by atoms with E-state index in [1.54, 1.807) is 0 Å². The maximum atomic E-state index is 11.5. The van der Waals surface area contributed by atoms with Crippen molar-refractivity contribution in [3.05, 3.63) is 36.0 Å². The largest absolute Gasteiger partial charge is 0.361 e. The molecule has 0 aliphatic carbocycles. The van der Waals surface area contributed by atoms with Gasteiger partial charge in [0.1, 0.15) is 0 Å². The van der Waals surface area contributed by atoms with E-state index in [-0.39, 0.29) is 5.91 Å². The molecule has 4 nitrogen and oxygen atoms in total. The summed E-state index contributed by atoms with van der Waals surface area (Å²) in [7, 11) is 0. The number of carbonyl (C=O) groups excluding carboxylic acids is 1. The highest BCUT2D eigenvalue weighted by Crippen LogP contribution is 2.17. The minimum Gasteiger partial charge on any atom is -0.361 e. The lowest BCUT2D eigenvalue weighted by Gasteiger charge is -2.06. The molecule has 0 spiro atoms. The van der Waals surface area contributed by atoms with Crippen LogP contribution in [0.5, 0.6) is 0 Å². The van der Waals surface area contributed by atoms with Gasteiger partial charge in [-0.15, -0.1) is 0 Å². The summed E-state index contributed by atoms with van der Waals surface area (Å²) in [5.41, 5.74) is 2.46. The fourth-order valence-electron chi connectivity index (χ4n) is 2.23. The zero-order chi connectivity index (χ0) is 14.2. The van der Waals surface area contributed by atoms with Gasteiger partial charge in [-0.25, -0.2) is 0 Å². The predicted octanol–water partition coefficient (Wildman–Crippen LogP) is 2.22. The summed E-state index contributed by atoms with van der Waals surface area (Å²) >= 11 is 0. The number of benzene rings is 1. The molecule has 0 aliphatic rings. The summed E-state index contributed by atoms with van der Waals surface area (Å²) in [5, 5.41) is 7.35. The molecule has 0 bridgehead atoms. The van der Waals surface area contributed by atoms with E-state index in [2.05, 4.69) is 34.7 Å². The molecule has 0 saturated heterocycles. The van der Waals surface area contributed by atoms with E-state index in [0.29, 0.717) is 6.54 Å². The predicted molar refractivity (Wildman–Crippen MR) is 82.8 cm³/mol. The summed E-state index contributed by atoms with van der Waals surface area (Å²) in [6, 6.07) is 8.28. The van der Waals surface area contributed by atoms with Crippen LogP contribution in [0.25, 0.3) is 10.9 Å². The van der Waals surface area contributed by atoms with Gasteiger partial charge in [0.2, 0.25) is 5.91 Å². The Morgan fingerprint density at radius 1 is 1.25 bits per heavy atom. The van der Waals surface area contributed by atoms with Crippen LogP contribution < -0.4 is 10.6 Å². The van der Waals surface area contributed by atoms with Gasteiger partial charge >= 0.3 is 0 Å². The van der Waals surface area contributed by atoms with E-state index in [4.69, 9.17) is 0 Å². The molecule has 0 fully saturated rings. The van der Waals surface area contributed by atoms with Gasteiger partial charge in [0.05, 0.1) is 6.54 Å². The summed E-state index contributed by atoms with van der Waals surface area (Å²) in [6.45, 7) is 4.10. The first kappa shape index (κ1) is 14.6. The van der Waals surface area contributed by atoms with Gasteiger partial charge in [-0.05, 0) is 31.0 Å². The topological polar surface area (TPSA) is 56.9 Å². The number of aromatic nitrogens is 1. The van der Waals surface area contributed by atoms with Gasteiger partial charge in [0, 0.05) is 23.6 Å². The lowest BCUT2D eigenvalue weighted by molar-refractivity contribution is -0.120. The molecule has 3 N–H and O–H groups in total. The van der Waals surface area contributed by atoms with Gasteiger partial charge in [0.25, 0.3) is 0 Å². The highest BCUT2D eigenvalue weighted by atomic mass is 16.1. The molecule has 0 aliphatic heterocycles. The third kappa shape index (κ3) is 4.10. The third-order valence-electron chi connectivity index (χ3n) is 3.38. The quantitative estimate of drug-likeness (QED) is 0.646. The third-order valence-corrected chi connectivity index (χ3v) is 3.38. The van der Waals surface area contributed by atoms with Gasteiger partial charge < -0.3 is 15.6 Å². The molecule has 2 aromatic rings. The average molecular weight is 273 g/mol. The minimum absolute atomic E-state index is 0.0809. The van der Waals surface area contributed by atoms with Crippen LogP contribution in [0.4, 0.5) is 0 Å². The molecule has 0 atom stereocenters. The lowest BCUT2D eigenvalue weighted by atomic mass is 10.1. The molecule has 1 aromatic heterocycles. The second kappa shape index (κ2) is 7.70. The van der Waals surface area contributed by atoms with Crippen molar-refractivity contribution in [3.63, 3.8) is 0 Å². The number of unbranched alkanes of at least 4 members (excludes halogenated alkanes) is 1. The Bertz CT molecular complexity index is 547. The number of rotatable bonds is 8. The van der Waals surface area contributed by atoms with Crippen molar-refractivity contribution in [2.75, 3.05) is 19.6 Å². The Kier molecular flexibility index (Phi) is 5.62. The number of fused-ring (bicyclic) bond motifs is 1. The normalized spacial score (nSPS) is 10.8. The SMILES string of the molecule is CCCCNC(=O)CNCCc1c[nH]c2ccccc12. The minimum atomic E-state index is 0.0809. The molecule has 4 heteroatoms. The van der Waals surface area contributed by atoms with Crippen LogP contribution in [-0.2, 0) is 11.2 Å². The van der Waals surface area contributed by atoms with E-state index >= 15 is 0 Å². The number of carbonyl (C=O) groups is 1. The number of hydrogen-bond acceptors (Lipinski definition) is 2. The number of aromatic amines is 1. The van der Waals surface area contributed by atoms with Crippen LogP contribution in [-0.4, -0.2) is 30.5 Å². The maximum Gasteiger partial charge on any atom is 0.233 e. The van der Waals surface area contributed by atoms with E-state index < -0.39 is 0 Å². The fraction of sp³-hybridized carbons (Fsp3) is 0.438. The molecule has 0 radical (unpaired) electrons. The molecule has 1 heterocycles. The summed E-state index contributed by atoms with van der Waals surface area (Å²) in [6.07, 6.45) is 5.12.